The van der Waals surface area contributed by atoms with Gasteiger partial charge in [0, 0.05) is 43.8 Å². The van der Waals surface area contributed by atoms with Crippen molar-refractivity contribution in [3.05, 3.63) is 89.3 Å². The number of benzene rings is 2. The van der Waals surface area contributed by atoms with Crippen molar-refractivity contribution in [2.24, 2.45) is 0 Å². The molecule has 0 radical (unpaired) electrons. The minimum absolute atomic E-state index is 0.250. The van der Waals surface area contributed by atoms with E-state index in [1.54, 1.807) is 4.90 Å². The van der Waals surface area contributed by atoms with Crippen LogP contribution in [-0.4, -0.2) is 35.0 Å². The van der Waals surface area contributed by atoms with E-state index in [-0.39, 0.29) is 23.9 Å². The number of Topliss-reactive ketones (excluding diaryl/α,β-unsaturated/α-hetero) is 1. The fourth-order valence-corrected chi connectivity index (χ4v) is 4.75. The zero-order chi connectivity index (χ0) is 23.8. The van der Waals surface area contributed by atoms with Gasteiger partial charge in [0.25, 0.3) is 0 Å². The smallest absolute Gasteiger partial charge is 0.410 e. The standard InChI is InChI=1S/C28H32N2O4/c1-22-19-26(34-29-22)14-8-13-25(31)20-28(24-11-6-3-7-12-24)15-17-30(18-16-28)27(32)33-21-23-9-4-2-5-10-23/h2-7,9-12,19H,8,13-18,20-21H2,1H3. The number of hydrogen-bond acceptors (Lipinski definition) is 5. The molecule has 3 aromatic rings. The Morgan fingerprint density at radius 2 is 1.71 bits per heavy atom. The molecule has 0 unspecified atom stereocenters. The number of amides is 1. The molecule has 0 spiro atoms. The second-order valence-electron chi connectivity index (χ2n) is 9.18. The lowest BCUT2D eigenvalue weighted by Crippen LogP contribution is -2.46. The van der Waals surface area contributed by atoms with Gasteiger partial charge in [0.15, 0.2) is 0 Å². The summed E-state index contributed by atoms with van der Waals surface area (Å²) in [4.78, 5) is 27.4. The summed E-state index contributed by atoms with van der Waals surface area (Å²) in [7, 11) is 0. The molecule has 1 fully saturated rings. The van der Waals surface area contributed by atoms with Crippen molar-refractivity contribution in [1.29, 1.82) is 0 Å². The van der Waals surface area contributed by atoms with Crippen LogP contribution in [0.2, 0.25) is 0 Å². The minimum atomic E-state index is -0.292. The van der Waals surface area contributed by atoms with Gasteiger partial charge in [0.05, 0.1) is 5.69 Å². The van der Waals surface area contributed by atoms with Crippen LogP contribution >= 0.6 is 0 Å². The van der Waals surface area contributed by atoms with Gasteiger partial charge < -0.3 is 14.2 Å². The molecule has 1 amide bonds. The highest BCUT2D eigenvalue weighted by molar-refractivity contribution is 5.80. The van der Waals surface area contributed by atoms with Gasteiger partial charge in [-0.3, -0.25) is 4.79 Å². The summed E-state index contributed by atoms with van der Waals surface area (Å²) in [6, 6.07) is 21.9. The number of ether oxygens (including phenoxy) is 1. The normalized spacial score (nSPS) is 15.1. The number of piperidine rings is 1. The first-order chi connectivity index (χ1) is 16.5. The van der Waals surface area contributed by atoms with Crippen molar-refractivity contribution in [3.63, 3.8) is 0 Å². The number of carbonyl (C=O) groups is 2. The van der Waals surface area contributed by atoms with E-state index in [1.807, 2.05) is 61.5 Å². The molecular weight excluding hydrogens is 428 g/mol. The molecule has 4 rings (SSSR count). The van der Waals surface area contributed by atoms with Crippen molar-refractivity contribution >= 4 is 11.9 Å². The number of likely N-dealkylation sites (tertiary alicyclic amines) is 1. The average Bonchev–Trinajstić information content (AvgIpc) is 3.29. The number of aromatic nitrogens is 1. The van der Waals surface area contributed by atoms with Gasteiger partial charge in [-0.1, -0.05) is 65.8 Å². The van der Waals surface area contributed by atoms with Crippen molar-refractivity contribution in [1.82, 2.24) is 10.1 Å². The molecule has 0 bridgehead atoms. The summed E-state index contributed by atoms with van der Waals surface area (Å²) in [5, 5.41) is 3.91. The molecule has 1 aliphatic heterocycles. The molecule has 1 saturated heterocycles. The highest BCUT2D eigenvalue weighted by Gasteiger charge is 2.39. The molecule has 6 nitrogen and oxygen atoms in total. The molecule has 178 valence electrons. The quantitative estimate of drug-likeness (QED) is 0.413. The van der Waals surface area contributed by atoms with Crippen LogP contribution in [0, 0.1) is 6.92 Å². The van der Waals surface area contributed by atoms with E-state index in [1.165, 1.54) is 5.56 Å². The van der Waals surface area contributed by atoms with Gasteiger partial charge in [-0.15, -0.1) is 0 Å². The van der Waals surface area contributed by atoms with Gasteiger partial charge in [-0.05, 0) is 37.3 Å². The molecule has 1 aliphatic rings. The third kappa shape index (κ3) is 6.13. The van der Waals surface area contributed by atoms with E-state index in [2.05, 4.69) is 17.3 Å². The maximum Gasteiger partial charge on any atom is 0.410 e. The fourth-order valence-electron chi connectivity index (χ4n) is 4.75. The predicted octanol–water partition coefficient (Wildman–Crippen LogP) is 5.64. The Kier molecular flexibility index (Phi) is 7.78. The summed E-state index contributed by atoms with van der Waals surface area (Å²) < 4.78 is 10.8. The maximum atomic E-state index is 13.0. The Labute approximate surface area is 200 Å². The number of hydrogen-bond donors (Lipinski definition) is 0. The number of rotatable bonds is 9. The Hall–Kier alpha value is -3.41. The third-order valence-electron chi connectivity index (χ3n) is 6.66. The summed E-state index contributed by atoms with van der Waals surface area (Å²) in [6.07, 6.45) is 3.65. The highest BCUT2D eigenvalue weighted by Crippen LogP contribution is 2.39. The molecule has 0 N–H and O–H groups in total. The van der Waals surface area contributed by atoms with Crippen LogP contribution in [0.1, 0.15) is 54.7 Å². The maximum absolute atomic E-state index is 13.0. The minimum Gasteiger partial charge on any atom is -0.445 e. The van der Waals surface area contributed by atoms with E-state index in [0.717, 1.165) is 36.3 Å². The van der Waals surface area contributed by atoms with Crippen molar-refractivity contribution < 1.29 is 18.8 Å². The molecule has 0 atom stereocenters. The van der Waals surface area contributed by atoms with Gasteiger partial charge in [0.2, 0.25) is 0 Å². The lowest BCUT2D eigenvalue weighted by Gasteiger charge is -2.41. The van der Waals surface area contributed by atoms with Gasteiger partial charge in [0.1, 0.15) is 18.2 Å². The van der Waals surface area contributed by atoms with Crippen LogP contribution in [0.3, 0.4) is 0 Å². The van der Waals surface area contributed by atoms with E-state index in [9.17, 15) is 9.59 Å². The number of nitrogens with zero attached hydrogens (tertiary/aromatic N) is 2. The Morgan fingerprint density at radius 3 is 2.35 bits per heavy atom. The molecule has 2 heterocycles. The number of carbonyl (C=O) groups excluding carboxylic acids is 2. The molecule has 1 aromatic heterocycles. The van der Waals surface area contributed by atoms with Crippen LogP contribution in [0.4, 0.5) is 4.79 Å². The third-order valence-corrected chi connectivity index (χ3v) is 6.66. The second-order valence-corrected chi connectivity index (χ2v) is 9.18. The van der Waals surface area contributed by atoms with Crippen LogP contribution in [-0.2, 0) is 28.0 Å². The van der Waals surface area contributed by atoms with Gasteiger partial charge >= 0.3 is 6.09 Å². The van der Waals surface area contributed by atoms with Gasteiger partial charge in [-0.2, -0.15) is 0 Å². The molecule has 0 saturated carbocycles. The first kappa shape index (κ1) is 23.7. The summed E-state index contributed by atoms with van der Waals surface area (Å²) in [6.45, 7) is 3.31. The first-order valence-electron chi connectivity index (χ1n) is 12.0. The average molecular weight is 461 g/mol. The summed E-state index contributed by atoms with van der Waals surface area (Å²) in [5.41, 5.74) is 2.75. The Bertz CT molecular complexity index is 1070. The Balaban J connectivity index is 1.34. The number of ketones is 1. The van der Waals surface area contributed by atoms with E-state index >= 15 is 0 Å². The predicted molar refractivity (Wildman–Crippen MR) is 129 cm³/mol. The molecular formula is C28H32N2O4. The Morgan fingerprint density at radius 1 is 1.03 bits per heavy atom. The molecule has 0 aliphatic carbocycles. The van der Waals surface area contributed by atoms with E-state index in [4.69, 9.17) is 9.26 Å². The monoisotopic (exact) mass is 460 g/mol. The summed E-state index contributed by atoms with van der Waals surface area (Å²) in [5.74, 6) is 1.07. The lowest BCUT2D eigenvalue weighted by atomic mass is 9.69. The molecule has 34 heavy (non-hydrogen) atoms. The van der Waals surface area contributed by atoms with Crippen molar-refractivity contribution in [2.75, 3.05) is 13.1 Å². The van der Waals surface area contributed by atoms with E-state index in [0.29, 0.717) is 32.4 Å². The van der Waals surface area contributed by atoms with Gasteiger partial charge in [-0.25, -0.2) is 4.79 Å². The SMILES string of the molecule is Cc1cc(CCCC(=O)CC2(c3ccccc3)CCN(C(=O)OCc3ccccc3)CC2)on1. The van der Waals surface area contributed by atoms with Crippen LogP contribution < -0.4 is 0 Å². The van der Waals surface area contributed by atoms with E-state index < -0.39 is 0 Å². The zero-order valence-corrected chi connectivity index (χ0v) is 19.7. The zero-order valence-electron chi connectivity index (χ0n) is 19.7. The van der Waals surface area contributed by atoms with Crippen molar-refractivity contribution in [3.8, 4) is 0 Å². The fraction of sp³-hybridized carbons (Fsp3) is 0.393. The second kappa shape index (κ2) is 11.1. The summed E-state index contributed by atoms with van der Waals surface area (Å²) >= 11 is 0. The topological polar surface area (TPSA) is 72.6 Å². The largest absolute Gasteiger partial charge is 0.445 e. The van der Waals surface area contributed by atoms with Crippen LogP contribution in [0.5, 0.6) is 0 Å². The molecule has 6 heteroatoms. The lowest BCUT2D eigenvalue weighted by molar-refractivity contribution is -0.120. The highest BCUT2D eigenvalue weighted by atomic mass is 16.6. The van der Waals surface area contributed by atoms with Crippen LogP contribution in [0.15, 0.2) is 71.3 Å². The van der Waals surface area contributed by atoms with Crippen molar-refractivity contribution in [2.45, 2.75) is 57.5 Å². The first-order valence-corrected chi connectivity index (χ1v) is 12.0. The molecule has 2 aromatic carbocycles. The van der Waals surface area contributed by atoms with Crippen LogP contribution in [0.25, 0.3) is 0 Å². The number of aryl methyl sites for hydroxylation is 2.